The minimum atomic E-state index is -0.0733. The highest BCUT2D eigenvalue weighted by molar-refractivity contribution is 5.94. The van der Waals surface area contributed by atoms with Gasteiger partial charge in [0.05, 0.1) is 30.0 Å². The SMILES string of the molecule is CC(=O)N1[C@@H](Cc2ccccc2)[C@@H]2C[C@@]3(C)[C@H](CCCC[C@@H]13)N2C(=O)c1ccnnc1. The zero-order valence-corrected chi connectivity index (χ0v) is 18.3. The normalized spacial score (nSPS) is 31.9. The molecule has 31 heavy (non-hydrogen) atoms. The van der Waals surface area contributed by atoms with Crippen molar-refractivity contribution in [3.8, 4) is 0 Å². The summed E-state index contributed by atoms with van der Waals surface area (Å²) in [6, 6.07) is 12.4. The van der Waals surface area contributed by atoms with Crippen LogP contribution in [0.2, 0.25) is 0 Å². The quantitative estimate of drug-likeness (QED) is 0.765. The van der Waals surface area contributed by atoms with Crippen LogP contribution in [-0.2, 0) is 11.2 Å². The van der Waals surface area contributed by atoms with Crippen molar-refractivity contribution in [2.75, 3.05) is 0 Å². The highest BCUT2D eigenvalue weighted by atomic mass is 16.2. The Morgan fingerprint density at radius 2 is 1.74 bits per heavy atom. The summed E-state index contributed by atoms with van der Waals surface area (Å²) in [7, 11) is 0. The molecule has 2 aromatic rings. The second kappa shape index (κ2) is 7.74. The molecule has 5 rings (SSSR count). The lowest BCUT2D eigenvalue weighted by Crippen LogP contribution is -2.61. The number of amides is 2. The molecular weight excluding hydrogens is 388 g/mol. The van der Waals surface area contributed by atoms with Crippen molar-refractivity contribution in [1.29, 1.82) is 0 Å². The number of carbonyl (C=O) groups is 2. The number of fused-ring (bicyclic) bond motifs is 1. The van der Waals surface area contributed by atoms with Gasteiger partial charge >= 0.3 is 0 Å². The molecule has 1 aromatic heterocycles. The number of hydrogen-bond acceptors (Lipinski definition) is 4. The van der Waals surface area contributed by atoms with E-state index in [1.807, 2.05) is 18.2 Å². The summed E-state index contributed by atoms with van der Waals surface area (Å²) in [5.74, 6) is 0.153. The Balaban J connectivity index is 1.61. The van der Waals surface area contributed by atoms with Crippen LogP contribution in [0.15, 0.2) is 48.8 Å². The third-order valence-corrected chi connectivity index (χ3v) is 7.92. The molecule has 0 spiro atoms. The summed E-state index contributed by atoms with van der Waals surface area (Å²) < 4.78 is 0. The van der Waals surface area contributed by atoms with Gasteiger partial charge in [-0.05, 0) is 37.3 Å². The van der Waals surface area contributed by atoms with Crippen LogP contribution in [0.3, 0.4) is 0 Å². The third-order valence-electron chi connectivity index (χ3n) is 7.92. The standard InChI is InChI=1S/C25H30N4O2/c1-17(30)28-20(14-18-8-4-3-5-9-18)21-15-25(2)22(28)10-6-7-11-23(25)29(21)24(31)19-12-13-26-27-16-19/h3-5,8-9,12-13,16,20-23H,6-7,10-11,14-15H2,1-2H3/t20-,21-,22+,23-,25+/m0/s1. The number of hydrogen-bond donors (Lipinski definition) is 0. The molecule has 6 heteroatoms. The summed E-state index contributed by atoms with van der Waals surface area (Å²) in [6.45, 7) is 4.01. The van der Waals surface area contributed by atoms with Gasteiger partial charge in [0.15, 0.2) is 0 Å². The molecule has 3 fully saturated rings. The van der Waals surface area contributed by atoms with E-state index in [0.717, 1.165) is 38.5 Å². The van der Waals surface area contributed by atoms with Crippen LogP contribution in [-0.4, -0.2) is 56.0 Å². The number of benzene rings is 1. The van der Waals surface area contributed by atoms with Crippen molar-refractivity contribution in [1.82, 2.24) is 20.0 Å². The van der Waals surface area contributed by atoms with Crippen LogP contribution in [0.4, 0.5) is 0 Å². The lowest BCUT2D eigenvalue weighted by Gasteiger charge is -2.50. The van der Waals surface area contributed by atoms with Gasteiger partial charge in [0.1, 0.15) is 0 Å². The smallest absolute Gasteiger partial charge is 0.256 e. The summed E-state index contributed by atoms with van der Waals surface area (Å²) in [5, 5.41) is 7.79. The van der Waals surface area contributed by atoms with Crippen molar-refractivity contribution in [3.63, 3.8) is 0 Å². The van der Waals surface area contributed by atoms with Gasteiger partial charge in [-0.25, -0.2) is 0 Å². The molecule has 1 aliphatic carbocycles. The highest BCUT2D eigenvalue weighted by Gasteiger charge is 2.63. The monoisotopic (exact) mass is 418 g/mol. The van der Waals surface area contributed by atoms with Gasteiger partial charge in [-0.1, -0.05) is 50.1 Å². The molecule has 0 unspecified atom stereocenters. The Hall–Kier alpha value is -2.76. The predicted octanol–water partition coefficient (Wildman–Crippen LogP) is 3.48. The second-order valence-electron chi connectivity index (χ2n) is 9.62. The fourth-order valence-corrected chi connectivity index (χ4v) is 6.66. The first-order valence-electron chi connectivity index (χ1n) is 11.4. The van der Waals surface area contributed by atoms with E-state index in [-0.39, 0.29) is 41.4 Å². The summed E-state index contributed by atoms with van der Waals surface area (Å²) >= 11 is 0. The van der Waals surface area contributed by atoms with E-state index in [9.17, 15) is 9.59 Å². The van der Waals surface area contributed by atoms with E-state index in [0.29, 0.717) is 5.56 Å². The molecule has 0 N–H and O–H groups in total. The number of rotatable bonds is 3. The Morgan fingerprint density at radius 3 is 2.39 bits per heavy atom. The number of aromatic nitrogens is 2. The first-order valence-corrected chi connectivity index (χ1v) is 11.4. The number of likely N-dealkylation sites (tertiary alicyclic amines) is 2. The zero-order chi connectivity index (χ0) is 21.6. The number of piperidine rings is 1. The predicted molar refractivity (Wildman–Crippen MR) is 117 cm³/mol. The topological polar surface area (TPSA) is 66.4 Å². The fraction of sp³-hybridized carbons (Fsp3) is 0.520. The first-order chi connectivity index (χ1) is 15.0. The molecule has 2 aliphatic heterocycles. The van der Waals surface area contributed by atoms with Gasteiger partial charge in [0.25, 0.3) is 5.91 Å². The van der Waals surface area contributed by atoms with Gasteiger partial charge in [0, 0.05) is 24.4 Å². The van der Waals surface area contributed by atoms with Gasteiger partial charge in [-0.3, -0.25) is 9.59 Å². The van der Waals surface area contributed by atoms with Gasteiger partial charge in [-0.2, -0.15) is 10.2 Å². The van der Waals surface area contributed by atoms with Crippen molar-refractivity contribution < 1.29 is 9.59 Å². The van der Waals surface area contributed by atoms with Crippen molar-refractivity contribution in [3.05, 3.63) is 59.9 Å². The first kappa shape index (κ1) is 20.2. The van der Waals surface area contributed by atoms with E-state index >= 15 is 0 Å². The fourth-order valence-electron chi connectivity index (χ4n) is 6.66. The average Bonchev–Trinajstić information content (AvgIpc) is 2.93. The molecule has 2 saturated heterocycles. The third kappa shape index (κ3) is 3.24. The minimum absolute atomic E-state index is 0.00845. The molecule has 5 atom stereocenters. The van der Waals surface area contributed by atoms with Crippen LogP contribution in [0, 0.1) is 5.41 Å². The van der Waals surface area contributed by atoms with Gasteiger partial charge in [-0.15, -0.1) is 0 Å². The maximum Gasteiger partial charge on any atom is 0.256 e. The van der Waals surface area contributed by atoms with Crippen molar-refractivity contribution >= 4 is 11.8 Å². The molecule has 1 aromatic carbocycles. The maximum absolute atomic E-state index is 13.8. The maximum atomic E-state index is 13.8. The van der Waals surface area contributed by atoms with Gasteiger partial charge in [0.2, 0.25) is 5.91 Å². The van der Waals surface area contributed by atoms with E-state index in [1.54, 1.807) is 25.4 Å². The molecule has 0 radical (unpaired) electrons. The average molecular weight is 419 g/mol. The van der Waals surface area contributed by atoms with Crippen molar-refractivity contribution in [2.45, 2.75) is 76.5 Å². The Labute approximate surface area is 183 Å². The van der Waals surface area contributed by atoms with Crippen LogP contribution < -0.4 is 0 Å². The Kier molecular flexibility index (Phi) is 5.03. The van der Waals surface area contributed by atoms with Crippen molar-refractivity contribution in [2.24, 2.45) is 5.41 Å². The van der Waals surface area contributed by atoms with Crippen LogP contribution in [0.25, 0.3) is 0 Å². The lowest BCUT2D eigenvalue weighted by atomic mass is 9.69. The molecule has 6 nitrogen and oxygen atoms in total. The zero-order valence-electron chi connectivity index (χ0n) is 18.3. The highest BCUT2D eigenvalue weighted by Crippen LogP contribution is 2.55. The molecular formula is C25H30N4O2. The summed E-state index contributed by atoms with van der Waals surface area (Å²) in [5.41, 5.74) is 1.72. The summed E-state index contributed by atoms with van der Waals surface area (Å²) in [4.78, 5) is 31.1. The second-order valence-corrected chi connectivity index (χ2v) is 9.62. The molecule has 1 saturated carbocycles. The molecule has 3 aliphatic rings. The molecule has 2 bridgehead atoms. The van der Waals surface area contributed by atoms with E-state index < -0.39 is 0 Å². The minimum Gasteiger partial charge on any atom is -0.334 e. The molecule has 3 heterocycles. The van der Waals surface area contributed by atoms with E-state index in [4.69, 9.17) is 0 Å². The van der Waals surface area contributed by atoms with Gasteiger partial charge < -0.3 is 9.80 Å². The van der Waals surface area contributed by atoms with E-state index in [1.165, 1.54) is 5.56 Å². The number of nitrogens with zero attached hydrogens (tertiary/aromatic N) is 4. The van der Waals surface area contributed by atoms with E-state index in [2.05, 4.69) is 39.1 Å². The molecule has 162 valence electrons. The van der Waals surface area contributed by atoms with Crippen LogP contribution in [0.1, 0.15) is 61.9 Å². The summed E-state index contributed by atoms with van der Waals surface area (Å²) in [6.07, 6.45) is 9.07. The van der Waals surface area contributed by atoms with Crippen LogP contribution in [0.5, 0.6) is 0 Å². The van der Waals surface area contributed by atoms with Crippen LogP contribution >= 0.6 is 0 Å². The lowest BCUT2D eigenvalue weighted by molar-refractivity contribution is -0.141. The Bertz CT molecular complexity index is 966. The number of carbonyl (C=O) groups excluding carboxylic acids is 2. The Morgan fingerprint density at radius 1 is 1.03 bits per heavy atom. The molecule has 2 amide bonds. The largest absolute Gasteiger partial charge is 0.334 e.